The van der Waals surface area contributed by atoms with E-state index in [4.69, 9.17) is 15.8 Å². The van der Waals surface area contributed by atoms with Crippen molar-refractivity contribution in [3.63, 3.8) is 0 Å². The average molecular weight is 153 g/mol. The van der Waals surface area contributed by atoms with E-state index in [0.29, 0.717) is 6.42 Å². The summed E-state index contributed by atoms with van der Waals surface area (Å²) in [5, 5.41) is 11.7. The van der Waals surface area contributed by atoms with Gasteiger partial charge in [-0.2, -0.15) is 5.26 Å². The average Bonchev–Trinajstić information content (AvgIpc) is 2.37. The molecule has 5 nitrogen and oxygen atoms in total. The number of oxime groups is 1. The summed E-state index contributed by atoms with van der Waals surface area (Å²) >= 11 is 0. The highest BCUT2D eigenvalue weighted by Gasteiger charge is 2.23. The van der Waals surface area contributed by atoms with Crippen molar-refractivity contribution in [3.05, 3.63) is 0 Å². The molecular weight excluding hydrogens is 146 g/mol. The van der Waals surface area contributed by atoms with Crippen LogP contribution in [0.25, 0.3) is 0 Å². The van der Waals surface area contributed by atoms with Gasteiger partial charge >= 0.3 is 0 Å². The Balaban J connectivity index is 2.44. The molecule has 0 bridgehead atoms. The zero-order valence-electron chi connectivity index (χ0n) is 5.78. The van der Waals surface area contributed by atoms with Gasteiger partial charge in [-0.1, -0.05) is 5.16 Å². The summed E-state index contributed by atoms with van der Waals surface area (Å²) in [6, 6.07) is 1.92. The molecule has 2 N–H and O–H groups in total. The lowest BCUT2D eigenvalue weighted by molar-refractivity contribution is -0.112. The molecule has 0 saturated heterocycles. The van der Waals surface area contributed by atoms with E-state index in [1.165, 1.54) is 0 Å². The highest BCUT2D eigenvalue weighted by molar-refractivity contribution is 6.38. The molecule has 5 heteroatoms. The monoisotopic (exact) mass is 153 g/mol. The lowest BCUT2D eigenvalue weighted by Crippen LogP contribution is -2.22. The zero-order valence-corrected chi connectivity index (χ0v) is 5.78. The molecule has 11 heavy (non-hydrogen) atoms. The molecule has 0 unspecified atom stereocenters. The normalized spacial score (nSPS) is 21.7. The van der Waals surface area contributed by atoms with Crippen LogP contribution in [-0.2, 0) is 9.63 Å². The molecule has 0 spiro atoms. The molecule has 0 saturated carbocycles. The number of carbonyl (C=O) groups excluding carboxylic acids is 1. The first kappa shape index (κ1) is 7.54. The van der Waals surface area contributed by atoms with E-state index in [1.54, 1.807) is 0 Å². The zero-order chi connectivity index (χ0) is 8.27. The van der Waals surface area contributed by atoms with Gasteiger partial charge in [0.15, 0.2) is 0 Å². The Bertz CT molecular complexity index is 241. The van der Waals surface area contributed by atoms with Crippen molar-refractivity contribution < 1.29 is 9.63 Å². The van der Waals surface area contributed by atoms with Gasteiger partial charge in [0, 0.05) is 6.42 Å². The number of carbonyl (C=O) groups is 1. The summed E-state index contributed by atoms with van der Waals surface area (Å²) in [5.41, 5.74) is 5.14. The Labute approximate surface area is 63.4 Å². The van der Waals surface area contributed by atoms with E-state index in [0.717, 1.165) is 0 Å². The number of nitrogens with zero attached hydrogens (tertiary/aromatic N) is 2. The first-order valence-corrected chi connectivity index (χ1v) is 3.13. The van der Waals surface area contributed by atoms with E-state index in [9.17, 15) is 4.79 Å². The van der Waals surface area contributed by atoms with E-state index >= 15 is 0 Å². The van der Waals surface area contributed by atoms with Gasteiger partial charge < -0.3 is 10.6 Å². The fourth-order valence-electron chi connectivity index (χ4n) is 0.785. The minimum Gasteiger partial charge on any atom is -0.391 e. The third kappa shape index (κ3) is 1.67. The van der Waals surface area contributed by atoms with Crippen LogP contribution in [0.5, 0.6) is 0 Å². The summed E-state index contributed by atoms with van der Waals surface area (Å²) in [7, 11) is 0. The van der Waals surface area contributed by atoms with Crippen molar-refractivity contribution in [2.45, 2.75) is 18.9 Å². The van der Waals surface area contributed by atoms with Gasteiger partial charge in [-0.3, -0.25) is 4.79 Å². The van der Waals surface area contributed by atoms with E-state index in [1.807, 2.05) is 6.07 Å². The van der Waals surface area contributed by atoms with Crippen LogP contribution >= 0.6 is 0 Å². The molecule has 1 aliphatic rings. The van der Waals surface area contributed by atoms with E-state index in [2.05, 4.69) is 5.16 Å². The van der Waals surface area contributed by atoms with Gasteiger partial charge in [-0.25, -0.2) is 0 Å². The van der Waals surface area contributed by atoms with Crippen LogP contribution in [0.1, 0.15) is 12.8 Å². The molecule has 1 heterocycles. The van der Waals surface area contributed by atoms with Crippen LogP contribution in [0.15, 0.2) is 5.16 Å². The maximum atomic E-state index is 10.5. The predicted molar refractivity (Wildman–Crippen MR) is 36.3 cm³/mol. The van der Waals surface area contributed by atoms with Crippen LogP contribution in [0.3, 0.4) is 0 Å². The van der Waals surface area contributed by atoms with Gasteiger partial charge in [0.25, 0.3) is 5.91 Å². The van der Waals surface area contributed by atoms with Crippen molar-refractivity contribution in [3.8, 4) is 6.07 Å². The van der Waals surface area contributed by atoms with Gasteiger partial charge in [0.2, 0.25) is 0 Å². The Morgan fingerprint density at radius 3 is 3.18 bits per heavy atom. The Kier molecular flexibility index (Phi) is 2.06. The third-order valence-electron chi connectivity index (χ3n) is 1.34. The van der Waals surface area contributed by atoms with Crippen molar-refractivity contribution in [2.24, 2.45) is 10.9 Å². The van der Waals surface area contributed by atoms with Crippen molar-refractivity contribution in [2.75, 3.05) is 0 Å². The quantitative estimate of drug-likeness (QED) is 0.581. The van der Waals surface area contributed by atoms with Crippen LogP contribution in [0, 0.1) is 11.3 Å². The van der Waals surface area contributed by atoms with Gasteiger partial charge in [-0.15, -0.1) is 0 Å². The second-order valence-electron chi connectivity index (χ2n) is 2.20. The molecule has 58 valence electrons. The van der Waals surface area contributed by atoms with Crippen LogP contribution in [0.4, 0.5) is 0 Å². The van der Waals surface area contributed by atoms with Crippen molar-refractivity contribution in [1.82, 2.24) is 0 Å². The summed E-state index contributed by atoms with van der Waals surface area (Å²) in [6.07, 6.45) is 0.297. The molecule has 1 atom stereocenters. The molecule has 0 aromatic rings. The fraction of sp³-hybridized carbons (Fsp3) is 0.500. The standard InChI is InChI=1S/C6H7N3O2/c7-2-1-4-3-5(6(8)10)9-11-4/h4H,1,3H2,(H2,8,10)/t4-/m0/s1. The topological polar surface area (TPSA) is 88.5 Å². The molecule has 0 aliphatic carbocycles. The number of nitriles is 1. The minimum atomic E-state index is -0.578. The maximum Gasteiger partial charge on any atom is 0.266 e. The third-order valence-corrected chi connectivity index (χ3v) is 1.34. The van der Waals surface area contributed by atoms with Gasteiger partial charge in [0.1, 0.15) is 11.8 Å². The first-order chi connectivity index (χ1) is 5.24. The highest BCUT2D eigenvalue weighted by atomic mass is 16.6. The summed E-state index contributed by atoms with van der Waals surface area (Å²) in [6.45, 7) is 0. The molecule has 0 aromatic carbocycles. The Morgan fingerprint density at radius 2 is 2.73 bits per heavy atom. The maximum absolute atomic E-state index is 10.5. The molecule has 1 rings (SSSR count). The molecule has 1 amide bonds. The van der Waals surface area contributed by atoms with Crippen molar-refractivity contribution in [1.29, 1.82) is 5.26 Å². The molecule has 1 aliphatic heterocycles. The SMILES string of the molecule is N#CC[C@H]1CC(C(N)=O)=NO1. The summed E-state index contributed by atoms with van der Waals surface area (Å²) in [5.74, 6) is -0.578. The summed E-state index contributed by atoms with van der Waals surface area (Å²) in [4.78, 5) is 15.2. The molecule has 0 aromatic heterocycles. The van der Waals surface area contributed by atoms with Crippen LogP contribution in [-0.4, -0.2) is 17.7 Å². The number of nitrogens with two attached hydrogens (primary N) is 1. The number of primary amides is 1. The summed E-state index contributed by atoms with van der Waals surface area (Å²) < 4.78 is 0. The molecular formula is C6H7N3O2. The van der Waals surface area contributed by atoms with Crippen LogP contribution < -0.4 is 5.73 Å². The van der Waals surface area contributed by atoms with E-state index in [-0.39, 0.29) is 18.2 Å². The molecule has 0 radical (unpaired) electrons. The second kappa shape index (κ2) is 3.01. The first-order valence-electron chi connectivity index (χ1n) is 3.13. The smallest absolute Gasteiger partial charge is 0.266 e. The number of hydrogen-bond acceptors (Lipinski definition) is 4. The van der Waals surface area contributed by atoms with E-state index < -0.39 is 5.91 Å². The lowest BCUT2D eigenvalue weighted by atomic mass is 10.1. The number of rotatable bonds is 2. The Hall–Kier alpha value is -1.57. The number of hydrogen-bond donors (Lipinski definition) is 1. The lowest BCUT2D eigenvalue weighted by Gasteiger charge is -1.98. The fourth-order valence-corrected chi connectivity index (χ4v) is 0.785. The molecule has 0 fully saturated rings. The van der Waals surface area contributed by atoms with Crippen LogP contribution in [0.2, 0.25) is 0 Å². The second-order valence-corrected chi connectivity index (χ2v) is 2.20. The minimum absolute atomic E-state index is 0.213. The highest BCUT2D eigenvalue weighted by Crippen LogP contribution is 2.12. The Morgan fingerprint density at radius 1 is 2.00 bits per heavy atom. The van der Waals surface area contributed by atoms with Crippen molar-refractivity contribution >= 4 is 11.6 Å². The predicted octanol–water partition coefficient (Wildman–Crippen LogP) is -0.470. The number of amides is 1. The van der Waals surface area contributed by atoms with Gasteiger partial charge in [0.05, 0.1) is 12.5 Å². The largest absolute Gasteiger partial charge is 0.391 e. The van der Waals surface area contributed by atoms with Gasteiger partial charge in [-0.05, 0) is 0 Å².